The van der Waals surface area contributed by atoms with Crippen LogP contribution >= 0.6 is 23.2 Å². The SMILES string of the molecule is O=C(Nc1ccc(Nc2cccc(Cl)c2Cl)nc1)c1ccco1. The quantitative estimate of drug-likeness (QED) is 0.698. The number of hydrogen-bond acceptors (Lipinski definition) is 4. The third-order valence-electron chi connectivity index (χ3n) is 2.98. The molecule has 1 aromatic carbocycles. The molecule has 0 fully saturated rings. The summed E-state index contributed by atoms with van der Waals surface area (Å²) in [6.45, 7) is 0. The minimum atomic E-state index is -0.338. The summed E-state index contributed by atoms with van der Waals surface area (Å²) in [6.07, 6.45) is 2.97. The van der Waals surface area contributed by atoms with Gasteiger partial charge in [0.05, 0.1) is 33.9 Å². The van der Waals surface area contributed by atoms with E-state index in [1.807, 2.05) is 0 Å². The second-order valence-electron chi connectivity index (χ2n) is 4.59. The average molecular weight is 348 g/mol. The zero-order chi connectivity index (χ0) is 16.2. The fraction of sp³-hybridized carbons (Fsp3) is 0. The maximum atomic E-state index is 11.9. The highest BCUT2D eigenvalue weighted by Gasteiger charge is 2.09. The molecule has 0 bridgehead atoms. The number of amides is 1. The number of carbonyl (C=O) groups excluding carboxylic acids is 1. The van der Waals surface area contributed by atoms with E-state index in [-0.39, 0.29) is 11.7 Å². The molecule has 23 heavy (non-hydrogen) atoms. The van der Waals surface area contributed by atoms with E-state index in [2.05, 4.69) is 15.6 Å². The van der Waals surface area contributed by atoms with E-state index in [0.717, 1.165) is 0 Å². The van der Waals surface area contributed by atoms with E-state index in [0.29, 0.717) is 27.2 Å². The van der Waals surface area contributed by atoms with Crippen molar-refractivity contribution in [1.82, 2.24) is 4.98 Å². The summed E-state index contributed by atoms with van der Waals surface area (Å²) in [6, 6.07) is 11.9. The number of hydrogen-bond donors (Lipinski definition) is 2. The molecular formula is C16H11Cl2N3O2. The van der Waals surface area contributed by atoms with E-state index in [1.54, 1.807) is 42.5 Å². The second kappa shape index (κ2) is 6.73. The molecule has 116 valence electrons. The van der Waals surface area contributed by atoms with Gasteiger partial charge in [0, 0.05) is 0 Å². The lowest BCUT2D eigenvalue weighted by Gasteiger charge is -2.09. The third kappa shape index (κ3) is 3.64. The predicted molar refractivity (Wildman–Crippen MR) is 90.6 cm³/mol. The number of nitrogens with one attached hydrogen (secondary N) is 2. The highest BCUT2D eigenvalue weighted by Crippen LogP contribution is 2.31. The van der Waals surface area contributed by atoms with Crippen LogP contribution in [0.4, 0.5) is 17.2 Å². The van der Waals surface area contributed by atoms with Crippen molar-refractivity contribution in [3.63, 3.8) is 0 Å². The minimum Gasteiger partial charge on any atom is -0.459 e. The van der Waals surface area contributed by atoms with Crippen LogP contribution in [-0.2, 0) is 0 Å². The summed E-state index contributed by atoms with van der Waals surface area (Å²) < 4.78 is 5.02. The first-order chi connectivity index (χ1) is 11.1. The predicted octanol–water partition coefficient (Wildman–Crippen LogP) is 4.98. The van der Waals surface area contributed by atoms with Gasteiger partial charge in [-0.25, -0.2) is 4.98 Å². The lowest BCUT2D eigenvalue weighted by atomic mass is 10.3. The number of furan rings is 1. The van der Waals surface area contributed by atoms with Crippen molar-refractivity contribution in [3.05, 3.63) is 70.7 Å². The number of carbonyl (C=O) groups is 1. The Kier molecular flexibility index (Phi) is 4.50. The van der Waals surface area contributed by atoms with E-state index >= 15 is 0 Å². The van der Waals surface area contributed by atoms with Crippen molar-refractivity contribution in [2.75, 3.05) is 10.6 Å². The van der Waals surface area contributed by atoms with Crippen molar-refractivity contribution in [3.8, 4) is 0 Å². The molecule has 3 rings (SSSR count). The summed E-state index contributed by atoms with van der Waals surface area (Å²) >= 11 is 12.1. The van der Waals surface area contributed by atoms with E-state index < -0.39 is 0 Å². The highest BCUT2D eigenvalue weighted by atomic mass is 35.5. The monoisotopic (exact) mass is 347 g/mol. The molecule has 3 aromatic rings. The van der Waals surface area contributed by atoms with Crippen molar-refractivity contribution < 1.29 is 9.21 Å². The van der Waals surface area contributed by atoms with Crippen molar-refractivity contribution in [2.24, 2.45) is 0 Å². The van der Waals surface area contributed by atoms with Gasteiger partial charge in [0.25, 0.3) is 5.91 Å². The van der Waals surface area contributed by atoms with E-state index in [9.17, 15) is 4.79 Å². The molecule has 0 saturated carbocycles. The van der Waals surface area contributed by atoms with Crippen LogP contribution in [0.5, 0.6) is 0 Å². The zero-order valence-corrected chi connectivity index (χ0v) is 13.2. The highest BCUT2D eigenvalue weighted by molar-refractivity contribution is 6.43. The molecule has 1 amide bonds. The van der Waals surface area contributed by atoms with Gasteiger partial charge in [-0.2, -0.15) is 0 Å². The molecule has 0 saturated heterocycles. The van der Waals surface area contributed by atoms with Gasteiger partial charge < -0.3 is 15.1 Å². The number of rotatable bonds is 4. The molecule has 7 heteroatoms. The van der Waals surface area contributed by atoms with Crippen LogP contribution in [0.3, 0.4) is 0 Å². The molecule has 0 aliphatic carbocycles. The Morgan fingerprint density at radius 3 is 2.65 bits per heavy atom. The van der Waals surface area contributed by atoms with Crippen molar-refractivity contribution >= 4 is 46.3 Å². The zero-order valence-electron chi connectivity index (χ0n) is 11.7. The van der Waals surface area contributed by atoms with Gasteiger partial charge in [-0.05, 0) is 36.4 Å². The third-order valence-corrected chi connectivity index (χ3v) is 3.80. The number of halogens is 2. The Labute approximate surface area is 142 Å². The first kappa shape index (κ1) is 15.4. The van der Waals surface area contributed by atoms with Crippen molar-refractivity contribution in [2.45, 2.75) is 0 Å². The van der Waals surface area contributed by atoms with Crippen LogP contribution in [0.25, 0.3) is 0 Å². The van der Waals surface area contributed by atoms with Crippen LogP contribution in [0.1, 0.15) is 10.6 Å². The smallest absolute Gasteiger partial charge is 0.291 e. The molecule has 0 aliphatic heterocycles. The summed E-state index contributed by atoms with van der Waals surface area (Å²) in [5, 5.41) is 6.63. The molecule has 0 unspecified atom stereocenters. The van der Waals surface area contributed by atoms with Gasteiger partial charge in [0.15, 0.2) is 5.76 Å². The largest absolute Gasteiger partial charge is 0.459 e. The Balaban J connectivity index is 1.70. The first-order valence-corrected chi connectivity index (χ1v) is 7.41. The lowest BCUT2D eigenvalue weighted by Crippen LogP contribution is -2.11. The molecule has 2 N–H and O–H groups in total. The maximum Gasteiger partial charge on any atom is 0.291 e. The Morgan fingerprint density at radius 2 is 1.96 bits per heavy atom. The van der Waals surface area contributed by atoms with E-state index in [1.165, 1.54) is 12.5 Å². The van der Waals surface area contributed by atoms with Crippen LogP contribution in [0, 0.1) is 0 Å². The molecule has 2 heterocycles. The Hall–Kier alpha value is -2.50. The maximum absolute atomic E-state index is 11.9. The summed E-state index contributed by atoms with van der Waals surface area (Å²) in [5.74, 6) is 0.471. The van der Waals surface area contributed by atoms with Gasteiger partial charge in [-0.15, -0.1) is 0 Å². The minimum absolute atomic E-state index is 0.234. The van der Waals surface area contributed by atoms with Gasteiger partial charge in [-0.1, -0.05) is 29.3 Å². The molecular weight excluding hydrogens is 337 g/mol. The van der Waals surface area contributed by atoms with E-state index in [4.69, 9.17) is 27.6 Å². The van der Waals surface area contributed by atoms with Crippen molar-refractivity contribution in [1.29, 1.82) is 0 Å². The number of benzene rings is 1. The lowest BCUT2D eigenvalue weighted by molar-refractivity contribution is 0.0996. The number of nitrogens with zero attached hydrogens (tertiary/aromatic N) is 1. The summed E-state index contributed by atoms with van der Waals surface area (Å²) in [5.41, 5.74) is 1.20. The topological polar surface area (TPSA) is 67.2 Å². The standard InChI is InChI=1S/C16H11Cl2N3O2/c17-11-3-1-4-12(15(11)18)21-14-7-6-10(9-19-14)20-16(22)13-5-2-8-23-13/h1-9H,(H,19,21)(H,20,22). The average Bonchev–Trinajstić information content (AvgIpc) is 3.08. The second-order valence-corrected chi connectivity index (χ2v) is 5.38. The summed E-state index contributed by atoms with van der Waals surface area (Å²) in [7, 11) is 0. The molecule has 0 radical (unpaired) electrons. The summed E-state index contributed by atoms with van der Waals surface area (Å²) in [4.78, 5) is 16.1. The van der Waals surface area contributed by atoms with Crippen LogP contribution < -0.4 is 10.6 Å². The van der Waals surface area contributed by atoms with Gasteiger partial charge >= 0.3 is 0 Å². The molecule has 0 atom stereocenters. The van der Waals surface area contributed by atoms with Gasteiger partial charge in [0.2, 0.25) is 0 Å². The number of aromatic nitrogens is 1. The first-order valence-electron chi connectivity index (χ1n) is 6.65. The fourth-order valence-corrected chi connectivity index (χ4v) is 2.23. The number of pyridine rings is 1. The van der Waals surface area contributed by atoms with Gasteiger partial charge in [-0.3, -0.25) is 4.79 Å². The normalized spacial score (nSPS) is 10.3. The fourth-order valence-electron chi connectivity index (χ4n) is 1.88. The molecule has 0 aliphatic rings. The Bertz CT molecular complexity index is 818. The molecule has 2 aromatic heterocycles. The van der Waals surface area contributed by atoms with Crippen LogP contribution in [0.15, 0.2) is 59.3 Å². The molecule has 0 spiro atoms. The van der Waals surface area contributed by atoms with Crippen LogP contribution in [0.2, 0.25) is 10.0 Å². The number of anilines is 3. The van der Waals surface area contributed by atoms with Crippen LogP contribution in [-0.4, -0.2) is 10.9 Å². The van der Waals surface area contributed by atoms with Gasteiger partial charge in [0.1, 0.15) is 5.82 Å². The Morgan fingerprint density at radius 1 is 1.09 bits per heavy atom. The molecule has 5 nitrogen and oxygen atoms in total.